The third-order valence-corrected chi connectivity index (χ3v) is 4.02. The summed E-state index contributed by atoms with van der Waals surface area (Å²) in [5.74, 6) is 1.26. The minimum absolute atomic E-state index is 0.208. The molecule has 20 heavy (non-hydrogen) atoms. The van der Waals surface area contributed by atoms with Crippen molar-refractivity contribution < 1.29 is 19.4 Å². The maximum absolute atomic E-state index is 10.7. The minimum Gasteiger partial charge on any atom is -0.493 e. The third kappa shape index (κ3) is 2.60. The number of carboxylic acid groups (broad SMARTS) is 1. The average molecular weight is 276 g/mol. The summed E-state index contributed by atoms with van der Waals surface area (Å²) < 4.78 is 11.7. The molecule has 0 aromatic heterocycles. The molecule has 1 N–H and O–H groups in total. The first-order chi connectivity index (χ1) is 9.75. The molecule has 0 saturated heterocycles. The van der Waals surface area contributed by atoms with Crippen molar-refractivity contribution in [3.8, 4) is 11.5 Å². The number of aliphatic carboxylic acids is 1. The van der Waals surface area contributed by atoms with Gasteiger partial charge in [-0.05, 0) is 50.2 Å². The number of carbonyl (C=O) groups is 1. The van der Waals surface area contributed by atoms with E-state index in [1.165, 1.54) is 16.7 Å². The summed E-state index contributed by atoms with van der Waals surface area (Å²) in [5.41, 5.74) is 3.66. The Labute approximate surface area is 118 Å². The Bertz CT molecular complexity index is 487. The maximum Gasteiger partial charge on any atom is 0.303 e. The number of aryl methyl sites for hydroxylation is 1. The number of carboxylic acids is 1. The summed E-state index contributed by atoms with van der Waals surface area (Å²) in [6, 6.07) is 2.13. The first-order valence-corrected chi connectivity index (χ1v) is 7.40. The molecule has 2 heterocycles. The van der Waals surface area contributed by atoms with E-state index in [2.05, 4.69) is 6.07 Å². The van der Waals surface area contributed by atoms with Crippen molar-refractivity contribution in [1.82, 2.24) is 0 Å². The highest BCUT2D eigenvalue weighted by Gasteiger charge is 2.24. The Hall–Kier alpha value is -1.71. The van der Waals surface area contributed by atoms with Crippen molar-refractivity contribution in [3.05, 3.63) is 22.8 Å². The van der Waals surface area contributed by atoms with Gasteiger partial charge in [0.25, 0.3) is 0 Å². The van der Waals surface area contributed by atoms with Crippen LogP contribution < -0.4 is 9.47 Å². The van der Waals surface area contributed by atoms with E-state index in [0.29, 0.717) is 6.42 Å². The molecule has 0 atom stereocenters. The van der Waals surface area contributed by atoms with Crippen molar-refractivity contribution in [2.75, 3.05) is 13.2 Å². The van der Waals surface area contributed by atoms with Gasteiger partial charge < -0.3 is 14.6 Å². The average Bonchev–Trinajstić information content (AvgIpc) is 2.46. The van der Waals surface area contributed by atoms with E-state index >= 15 is 0 Å². The summed E-state index contributed by atoms with van der Waals surface area (Å²) in [6.45, 7) is 1.54. The van der Waals surface area contributed by atoms with E-state index in [1.807, 2.05) is 0 Å². The number of hydrogen-bond donors (Lipinski definition) is 1. The normalized spacial score (nSPS) is 16.6. The molecule has 0 aliphatic carbocycles. The number of ether oxygens (including phenoxy) is 2. The quantitative estimate of drug-likeness (QED) is 0.918. The summed E-state index contributed by atoms with van der Waals surface area (Å²) in [6.07, 6.45) is 5.73. The van der Waals surface area contributed by atoms with Gasteiger partial charge in [-0.15, -0.1) is 0 Å². The molecule has 0 bridgehead atoms. The standard InChI is InChI=1S/C16H20O4/c17-15(18)7-1-5-13-12-6-3-8-19-14(12)10-11-4-2-9-20-16(11)13/h10H,1-9H2,(H,17,18). The zero-order valence-electron chi connectivity index (χ0n) is 11.6. The Morgan fingerprint density at radius 2 is 2.00 bits per heavy atom. The summed E-state index contributed by atoms with van der Waals surface area (Å²) in [7, 11) is 0. The van der Waals surface area contributed by atoms with Crippen LogP contribution in [0.5, 0.6) is 11.5 Å². The van der Waals surface area contributed by atoms with Gasteiger partial charge in [0.15, 0.2) is 0 Å². The molecule has 1 aromatic rings. The molecule has 0 spiro atoms. The first-order valence-electron chi connectivity index (χ1n) is 7.40. The van der Waals surface area contributed by atoms with Crippen LogP contribution in [0.4, 0.5) is 0 Å². The molecule has 0 fully saturated rings. The van der Waals surface area contributed by atoms with Crippen LogP contribution in [0.1, 0.15) is 42.4 Å². The molecule has 3 rings (SSSR count). The lowest BCUT2D eigenvalue weighted by Crippen LogP contribution is -2.17. The maximum atomic E-state index is 10.7. The van der Waals surface area contributed by atoms with Crippen LogP contribution in [0, 0.1) is 0 Å². The van der Waals surface area contributed by atoms with E-state index in [4.69, 9.17) is 14.6 Å². The van der Waals surface area contributed by atoms with E-state index in [0.717, 1.165) is 56.8 Å². The molecule has 0 radical (unpaired) electrons. The van der Waals surface area contributed by atoms with Gasteiger partial charge in [-0.3, -0.25) is 4.79 Å². The number of benzene rings is 1. The topological polar surface area (TPSA) is 55.8 Å². The first kappa shape index (κ1) is 13.3. The number of hydrogen-bond acceptors (Lipinski definition) is 3. The highest BCUT2D eigenvalue weighted by atomic mass is 16.5. The lowest BCUT2D eigenvalue weighted by atomic mass is 9.90. The van der Waals surface area contributed by atoms with Gasteiger partial charge in [-0.25, -0.2) is 0 Å². The van der Waals surface area contributed by atoms with Gasteiger partial charge in [-0.1, -0.05) is 0 Å². The summed E-state index contributed by atoms with van der Waals surface area (Å²) in [4.78, 5) is 10.7. The number of rotatable bonds is 4. The van der Waals surface area contributed by atoms with E-state index in [9.17, 15) is 4.79 Å². The fourth-order valence-electron chi connectivity index (χ4n) is 3.11. The molecule has 0 unspecified atom stereocenters. The van der Waals surface area contributed by atoms with E-state index < -0.39 is 5.97 Å². The minimum atomic E-state index is -0.735. The van der Waals surface area contributed by atoms with Gasteiger partial charge in [-0.2, -0.15) is 0 Å². The largest absolute Gasteiger partial charge is 0.493 e. The Kier molecular flexibility index (Phi) is 3.81. The molecule has 2 aliphatic rings. The monoisotopic (exact) mass is 276 g/mol. The van der Waals surface area contributed by atoms with E-state index in [1.54, 1.807) is 0 Å². The van der Waals surface area contributed by atoms with Gasteiger partial charge in [0.1, 0.15) is 11.5 Å². The summed E-state index contributed by atoms with van der Waals surface area (Å²) >= 11 is 0. The molecule has 4 heteroatoms. The van der Waals surface area contributed by atoms with Crippen LogP contribution in [0.3, 0.4) is 0 Å². The van der Waals surface area contributed by atoms with E-state index in [-0.39, 0.29) is 6.42 Å². The Balaban J connectivity index is 1.93. The second-order valence-electron chi connectivity index (χ2n) is 5.47. The highest BCUT2D eigenvalue weighted by molar-refractivity contribution is 5.66. The molecule has 0 saturated carbocycles. The second kappa shape index (κ2) is 5.73. The number of fused-ring (bicyclic) bond motifs is 2. The zero-order valence-corrected chi connectivity index (χ0v) is 11.6. The van der Waals surface area contributed by atoms with Crippen molar-refractivity contribution >= 4 is 5.97 Å². The van der Waals surface area contributed by atoms with Crippen molar-refractivity contribution in [3.63, 3.8) is 0 Å². The van der Waals surface area contributed by atoms with Gasteiger partial charge in [0.2, 0.25) is 0 Å². The fourth-order valence-corrected chi connectivity index (χ4v) is 3.11. The van der Waals surface area contributed by atoms with Crippen molar-refractivity contribution in [1.29, 1.82) is 0 Å². The Morgan fingerprint density at radius 1 is 1.20 bits per heavy atom. The SMILES string of the molecule is O=C(O)CCCc1c2c(cc3c1OCCC3)OCCC2. The fraction of sp³-hybridized carbons (Fsp3) is 0.562. The zero-order chi connectivity index (χ0) is 13.9. The molecule has 108 valence electrons. The molecular formula is C16H20O4. The predicted octanol–water partition coefficient (Wildman–Crippen LogP) is 2.74. The molecule has 2 aliphatic heterocycles. The molecular weight excluding hydrogens is 256 g/mol. The smallest absolute Gasteiger partial charge is 0.303 e. The van der Waals surface area contributed by atoms with Gasteiger partial charge in [0.05, 0.1) is 13.2 Å². The van der Waals surface area contributed by atoms with Crippen LogP contribution in [0.25, 0.3) is 0 Å². The van der Waals surface area contributed by atoms with Crippen LogP contribution in [-0.4, -0.2) is 24.3 Å². The van der Waals surface area contributed by atoms with Crippen LogP contribution >= 0.6 is 0 Å². The third-order valence-electron chi connectivity index (χ3n) is 4.02. The molecule has 4 nitrogen and oxygen atoms in total. The lowest BCUT2D eigenvalue weighted by molar-refractivity contribution is -0.137. The molecule has 1 aromatic carbocycles. The van der Waals surface area contributed by atoms with Gasteiger partial charge in [0, 0.05) is 17.5 Å². The van der Waals surface area contributed by atoms with Crippen LogP contribution in [0.15, 0.2) is 6.07 Å². The van der Waals surface area contributed by atoms with Crippen LogP contribution in [0.2, 0.25) is 0 Å². The highest BCUT2D eigenvalue weighted by Crippen LogP contribution is 2.40. The Morgan fingerprint density at radius 3 is 2.85 bits per heavy atom. The predicted molar refractivity (Wildman–Crippen MR) is 74.6 cm³/mol. The summed E-state index contributed by atoms with van der Waals surface area (Å²) in [5, 5.41) is 8.81. The second-order valence-corrected chi connectivity index (χ2v) is 5.47. The van der Waals surface area contributed by atoms with Gasteiger partial charge >= 0.3 is 5.97 Å². The van der Waals surface area contributed by atoms with Crippen molar-refractivity contribution in [2.45, 2.75) is 44.9 Å². The van der Waals surface area contributed by atoms with Crippen LogP contribution in [-0.2, 0) is 24.1 Å². The van der Waals surface area contributed by atoms with Crippen molar-refractivity contribution in [2.24, 2.45) is 0 Å². The lowest BCUT2D eigenvalue weighted by Gasteiger charge is -2.27. The molecule has 0 amide bonds.